The summed E-state index contributed by atoms with van der Waals surface area (Å²) in [4.78, 5) is 5.01. The van der Waals surface area contributed by atoms with Crippen LogP contribution >= 0.6 is 0 Å². The van der Waals surface area contributed by atoms with Crippen LogP contribution in [0, 0.1) is 6.92 Å². The Balaban J connectivity index is 2.38. The van der Waals surface area contributed by atoms with Crippen molar-refractivity contribution in [3.63, 3.8) is 0 Å². The van der Waals surface area contributed by atoms with Crippen LogP contribution in [-0.4, -0.2) is 15.4 Å². The molecule has 0 fully saturated rings. The minimum Gasteiger partial charge on any atom is -0.264 e. The van der Waals surface area contributed by atoms with Crippen molar-refractivity contribution in [2.45, 2.75) is 11.8 Å². The molecular weight excluding hydrogens is 218 g/mol. The molecule has 82 valence electrons. The fourth-order valence-corrected chi connectivity index (χ4v) is 2.07. The molecule has 1 atom stereocenters. The first kappa shape index (κ1) is 11.0. The summed E-state index contributed by atoms with van der Waals surface area (Å²) in [6.07, 6.45) is 5.35. The van der Waals surface area contributed by atoms with E-state index >= 15 is 0 Å². The van der Waals surface area contributed by atoms with Crippen LogP contribution in [0.5, 0.6) is 0 Å². The Morgan fingerprint density at radius 2 is 1.75 bits per heavy atom. The van der Waals surface area contributed by atoms with E-state index in [1.165, 1.54) is 0 Å². The SMILES string of the molecule is Cc1cncc(-c2ccc(S(C)=O)cc2)c1. The Morgan fingerprint density at radius 1 is 1.06 bits per heavy atom. The van der Waals surface area contributed by atoms with Crippen molar-refractivity contribution < 1.29 is 4.21 Å². The van der Waals surface area contributed by atoms with Crippen molar-refractivity contribution in [3.05, 3.63) is 48.3 Å². The van der Waals surface area contributed by atoms with Crippen molar-refractivity contribution in [2.24, 2.45) is 0 Å². The third kappa shape index (κ3) is 2.36. The van der Waals surface area contributed by atoms with Gasteiger partial charge in [-0.15, -0.1) is 0 Å². The van der Waals surface area contributed by atoms with Gasteiger partial charge in [0.05, 0.1) is 0 Å². The molecule has 1 aromatic heterocycles. The number of pyridine rings is 1. The Hall–Kier alpha value is -1.48. The average molecular weight is 231 g/mol. The van der Waals surface area contributed by atoms with E-state index in [0.29, 0.717) is 0 Å². The van der Waals surface area contributed by atoms with Gasteiger partial charge < -0.3 is 0 Å². The van der Waals surface area contributed by atoms with Crippen LogP contribution in [0.15, 0.2) is 47.6 Å². The molecule has 0 saturated carbocycles. The van der Waals surface area contributed by atoms with E-state index in [9.17, 15) is 4.21 Å². The molecule has 1 aromatic carbocycles. The van der Waals surface area contributed by atoms with Crippen LogP contribution in [0.2, 0.25) is 0 Å². The summed E-state index contributed by atoms with van der Waals surface area (Å²) in [5.41, 5.74) is 3.33. The predicted molar refractivity (Wildman–Crippen MR) is 66.7 cm³/mol. The van der Waals surface area contributed by atoms with Crippen molar-refractivity contribution in [1.29, 1.82) is 0 Å². The van der Waals surface area contributed by atoms with Crippen molar-refractivity contribution in [3.8, 4) is 11.1 Å². The lowest BCUT2D eigenvalue weighted by atomic mass is 10.1. The van der Waals surface area contributed by atoms with Gasteiger partial charge in [0.25, 0.3) is 0 Å². The van der Waals surface area contributed by atoms with Crippen LogP contribution in [0.4, 0.5) is 0 Å². The molecule has 1 heterocycles. The summed E-state index contributed by atoms with van der Waals surface area (Å²) in [6.45, 7) is 2.02. The summed E-state index contributed by atoms with van der Waals surface area (Å²) >= 11 is 0. The van der Waals surface area contributed by atoms with E-state index in [4.69, 9.17) is 0 Å². The van der Waals surface area contributed by atoms with Gasteiger partial charge in [-0.05, 0) is 36.2 Å². The summed E-state index contributed by atoms with van der Waals surface area (Å²) in [6, 6.07) is 9.84. The summed E-state index contributed by atoms with van der Waals surface area (Å²) in [5.74, 6) is 0. The van der Waals surface area contributed by atoms with Gasteiger partial charge in [-0.25, -0.2) is 0 Å². The minimum atomic E-state index is -0.914. The molecular formula is C13H13NOS. The second-order valence-corrected chi connectivity index (χ2v) is 5.11. The Morgan fingerprint density at radius 3 is 2.31 bits per heavy atom. The van der Waals surface area contributed by atoms with Crippen molar-refractivity contribution >= 4 is 10.8 Å². The number of aryl methyl sites for hydroxylation is 1. The zero-order chi connectivity index (χ0) is 11.5. The third-order valence-corrected chi connectivity index (χ3v) is 3.33. The van der Waals surface area contributed by atoms with Crippen LogP contribution in [-0.2, 0) is 10.8 Å². The first-order valence-electron chi connectivity index (χ1n) is 5.02. The minimum absolute atomic E-state index is 0.851. The smallest absolute Gasteiger partial charge is 0.0498 e. The summed E-state index contributed by atoms with van der Waals surface area (Å²) < 4.78 is 11.2. The first-order valence-corrected chi connectivity index (χ1v) is 6.58. The molecule has 0 radical (unpaired) electrons. The third-order valence-electron chi connectivity index (χ3n) is 2.39. The average Bonchev–Trinajstić information content (AvgIpc) is 2.29. The molecule has 0 amide bonds. The van der Waals surface area contributed by atoms with E-state index in [2.05, 4.69) is 11.1 Å². The Bertz CT molecular complexity index is 520. The molecule has 0 aliphatic rings. The molecule has 2 rings (SSSR count). The molecule has 3 heteroatoms. The molecule has 0 spiro atoms. The van der Waals surface area contributed by atoms with E-state index in [-0.39, 0.29) is 0 Å². The molecule has 2 nitrogen and oxygen atoms in total. The van der Waals surface area contributed by atoms with Gasteiger partial charge in [0, 0.05) is 39.9 Å². The number of rotatable bonds is 2. The monoisotopic (exact) mass is 231 g/mol. The van der Waals surface area contributed by atoms with Crippen molar-refractivity contribution in [2.75, 3.05) is 6.26 Å². The number of hydrogen-bond acceptors (Lipinski definition) is 2. The van der Waals surface area contributed by atoms with E-state index in [1.807, 2.05) is 43.6 Å². The maximum Gasteiger partial charge on any atom is 0.0498 e. The zero-order valence-electron chi connectivity index (χ0n) is 9.31. The van der Waals surface area contributed by atoms with Gasteiger partial charge in [-0.1, -0.05) is 12.1 Å². The Kier molecular flexibility index (Phi) is 3.15. The van der Waals surface area contributed by atoms with Gasteiger partial charge in [0.2, 0.25) is 0 Å². The highest BCUT2D eigenvalue weighted by atomic mass is 32.2. The van der Waals surface area contributed by atoms with E-state index < -0.39 is 10.8 Å². The van der Waals surface area contributed by atoms with Crippen LogP contribution < -0.4 is 0 Å². The van der Waals surface area contributed by atoms with Gasteiger partial charge in [-0.3, -0.25) is 9.19 Å². The van der Waals surface area contributed by atoms with Gasteiger partial charge >= 0.3 is 0 Å². The maximum absolute atomic E-state index is 11.2. The molecule has 0 aliphatic carbocycles. The highest BCUT2D eigenvalue weighted by Crippen LogP contribution is 2.20. The number of hydrogen-bond donors (Lipinski definition) is 0. The first-order chi connectivity index (χ1) is 7.66. The lowest BCUT2D eigenvalue weighted by molar-refractivity contribution is 0.687. The molecule has 0 bridgehead atoms. The topological polar surface area (TPSA) is 30.0 Å². The predicted octanol–water partition coefficient (Wildman–Crippen LogP) is 2.79. The lowest BCUT2D eigenvalue weighted by Crippen LogP contribution is -1.87. The highest BCUT2D eigenvalue weighted by Gasteiger charge is 2.00. The van der Waals surface area contributed by atoms with Crippen LogP contribution in [0.1, 0.15) is 5.56 Å². The van der Waals surface area contributed by atoms with Crippen LogP contribution in [0.25, 0.3) is 11.1 Å². The molecule has 16 heavy (non-hydrogen) atoms. The highest BCUT2D eigenvalue weighted by molar-refractivity contribution is 7.84. The summed E-state index contributed by atoms with van der Waals surface area (Å²) in [5, 5.41) is 0. The van der Waals surface area contributed by atoms with Gasteiger partial charge in [0.1, 0.15) is 0 Å². The van der Waals surface area contributed by atoms with E-state index in [0.717, 1.165) is 21.6 Å². The Labute approximate surface area is 97.8 Å². The molecule has 0 N–H and O–H groups in total. The summed E-state index contributed by atoms with van der Waals surface area (Å²) in [7, 11) is -0.914. The fourth-order valence-electron chi connectivity index (χ4n) is 1.55. The maximum atomic E-state index is 11.2. The number of aromatic nitrogens is 1. The number of nitrogens with zero attached hydrogens (tertiary/aromatic N) is 1. The fraction of sp³-hybridized carbons (Fsp3) is 0.154. The number of benzene rings is 1. The van der Waals surface area contributed by atoms with Gasteiger partial charge in [-0.2, -0.15) is 0 Å². The van der Waals surface area contributed by atoms with Crippen molar-refractivity contribution in [1.82, 2.24) is 4.98 Å². The second-order valence-electron chi connectivity index (χ2n) is 3.73. The standard InChI is InChI=1S/C13H13NOS/c1-10-7-12(9-14-8-10)11-3-5-13(6-4-11)16(2)15/h3-9H,1-2H3. The molecule has 2 aromatic rings. The lowest BCUT2D eigenvalue weighted by Gasteiger charge is -2.03. The quantitative estimate of drug-likeness (QED) is 0.795. The molecule has 0 saturated heterocycles. The molecule has 1 unspecified atom stereocenters. The largest absolute Gasteiger partial charge is 0.264 e. The second kappa shape index (κ2) is 4.58. The molecule has 0 aliphatic heterocycles. The van der Waals surface area contributed by atoms with E-state index in [1.54, 1.807) is 6.26 Å². The van der Waals surface area contributed by atoms with Gasteiger partial charge in [0.15, 0.2) is 0 Å². The zero-order valence-corrected chi connectivity index (χ0v) is 10.1. The van der Waals surface area contributed by atoms with Crippen LogP contribution in [0.3, 0.4) is 0 Å². The normalized spacial score (nSPS) is 12.4.